The molecule has 3 aromatic rings. The fraction of sp³-hybridized carbons (Fsp3) is 0.500. The van der Waals surface area contributed by atoms with Gasteiger partial charge in [-0.25, -0.2) is 9.37 Å². The molecule has 2 atom stereocenters. The van der Waals surface area contributed by atoms with Crippen LogP contribution in [-0.2, 0) is 9.53 Å². The van der Waals surface area contributed by atoms with Crippen LogP contribution in [-0.4, -0.2) is 76.3 Å². The number of carbonyl (C=O) groups excluding carboxylic acids is 2. The number of aldehydes is 1. The molecule has 208 valence electrons. The van der Waals surface area contributed by atoms with Gasteiger partial charge in [-0.05, 0) is 55.5 Å². The SMILES string of the molecule is Cc1nc(F)c2c(-c3ccc(F)cc3C(=O)N3CCOC[C@H]3C)cc(C3CN([C@@H](CCC=O)C(C)C)C3)cn12. The number of halogens is 2. The minimum absolute atomic E-state index is 0.156. The summed E-state index contributed by atoms with van der Waals surface area (Å²) in [5, 5.41) is 0. The van der Waals surface area contributed by atoms with E-state index in [-0.39, 0.29) is 28.9 Å². The van der Waals surface area contributed by atoms with E-state index < -0.39 is 11.8 Å². The number of fused-ring (bicyclic) bond motifs is 1. The van der Waals surface area contributed by atoms with Gasteiger partial charge in [0.2, 0.25) is 5.95 Å². The van der Waals surface area contributed by atoms with Crippen molar-refractivity contribution in [3.63, 3.8) is 0 Å². The average Bonchev–Trinajstić information content (AvgIpc) is 3.17. The molecule has 0 saturated carbocycles. The molecular weight excluding hydrogens is 502 g/mol. The summed E-state index contributed by atoms with van der Waals surface area (Å²) in [7, 11) is 0. The molecule has 0 bridgehead atoms. The van der Waals surface area contributed by atoms with Gasteiger partial charge in [-0.1, -0.05) is 19.9 Å². The number of hydrogen-bond acceptors (Lipinski definition) is 5. The summed E-state index contributed by atoms with van der Waals surface area (Å²) in [6.07, 6.45) is 4.27. The molecule has 39 heavy (non-hydrogen) atoms. The second-order valence-corrected chi connectivity index (χ2v) is 11.2. The van der Waals surface area contributed by atoms with E-state index in [1.807, 2.05) is 19.2 Å². The number of hydrogen-bond donors (Lipinski definition) is 0. The van der Waals surface area contributed by atoms with Gasteiger partial charge in [-0.2, -0.15) is 4.39 Å². The molecule has 0 radical (unpaired) electrons. The van der Waals surface area contributed by atoms with Crippen LogP contribution in [0, 0.1) is 24.6 Å². The Morgan fingerprint density at radius 2 is 1.97 bits per heavy atom. The van der Waals surface area contributed by atoms with Crippen LogP contribution in [0.2, 0.25) is 0 Å². The van der Waals surface area contributed by atoms with Crippen LogP contribution in [0.15, 0.2) is 30.5 Å². The fourth-order valence-corrected chi connectivity index (χ4v) is 6.04. The second-order valence-electron chi connectivity index (χ2n) is 11.2. The maximum Gasteiger partial charge on any atom is 0.254 e. The van der Waals surface area contributed by atoms with Gasteiger partial charge in [-0.15, -0.1) is 0 Å². The van der Waals surface area contributed by atoms with E-state index in [9.17, 15) is 14.0 Å². The Kier molecular flexibility index (Phi) is 7.82. The Bertz CT molecular complexity index is 1380. The lowest BCUT2D eigenvalue weighted by atomic mass is 9.85. The number of aryl methyl sites for hydroxylation is 1. The first-order valence-electron chi connectivity index (χ1n) is 13.7. The van der Waals surface area contributed by atoms with Crippen LogP contribution in [0.5, 0.6) is 0 Å². The smallest absolute Gasteiger partial charge is 0.254 e. The highest BCUT2D eigenvalue weighted by atomic mass is 19.1. The summed E-state index contributed by atoms with van der Waals surface area (Å²) in [5.74, 6) is -0.320. The van der Waals surface area contributed by atoms with Gasteiger partial charge in [0, 0.05) is 49.8 Å². The molecule has 0 spiro atoms. The molecule has 0 unspecified atom stereocenters. The van der Waals surface area contributed by atoms with Crippen molar-refractivity contribution in [3.8, 4) is 11.1 Å². The minimum Gasteiger partial charge on any atom is -0.377 e. The number of pyridine rings is 1. The zero-order valence-electron chi connectivity index (χ0n) is 23.0. The standard InChI is InChI=1S/C30H36F2N4O3/c1-18(2)27(6-5-10-37)34-14-22(15-34)21-12-25(28-29(32)33-20(4)36(28)16-21)24-8-7-23(31)13-26(24)30(38)35-9-11-39-17-19(35)3/h7-8,10,12-13,16,18-19,22,27H,5-6,9,11,14-15,17H2,1-4H3/t19-,27+/m1/s1. The number of imidazole rings is 1. The first-order valence-corrected chi connectivity index (χ1v) is 13.7. The quantitative estimate of drug-likeness (QED) is 0.384. The van der Waals surface area contributed by atoms with Crippen LogP contribution in [0.3, 0.4) is 0 Å². The van der Waals surface area contributed by atoms with E-state index >= 15 is 4.39 Å². The zero-order valence-corrected chi connectivity index (χ0v) is 23.0. The largest absolute Gasteiger partial charge is 0.377 e. The van der Waals surface area contributed by atoms with Gasteiger partial charge in [0.1, 0.15) is 23.4 Å². The lowest BCUT2D eigenvalue weighted by Crippen LogP contribution is -2.52. The monoisotopic (exact) mass is 538 g/mol. The van der Waals surface area contributed by atoms with Crippen LogP contribution in [0.4, 0.5) is 8.78 Å². The van der Waals surface area contributed by atoms with Gasteiger partial charge in [0.25, 0.3) is 5.91 Å². The Balaban J connectivity index is 1.55. The maximum atomic E-state index is 15.2. The first kappa shape index (κ1) is 27.4. The lowest BCUT2D eigenvalue weighted by Gasteiger charge is -2.46. The van der Waals surface area contributed by atoms with Crippen molar-refractivity contribution in [2.75, 3.05) is 32.8 Å². The maximum absolute atomic E-state index is 15.2. The number of morpholine rings is 1. The highest BCUT2D eigenvalue weighted by Gasteiger charge is 2.35. The summed E-state index contributed by atoms with van der Waals surface area (Å²) >= 11 is 0. The Morgan fingerprint density at radius 3 is 2.67 bits per heavy atom. The Hall–Kier alpha value is -3.17. The molecule has 0 aliphatic carbocycles. The average molecular weight is 539 g/mol. The normalized spacial score (nSPS) is 19.5. The van der Waals surface area contributed by atoms with E-state index in [0.717, 1.165) is 31.4 Å². The summed E-state index contributed by atoms with van der Waals surface area (Å²) < 4.78 is 37.0. The van der Waals surface area contributed by atoms with Crippen molar-refractivity contribution in [2.45, 2.75) is 58.5 Å². The first-order chi connectivity index (χ1) is 18.7. The highest BCUT2D eigenvalue weighted by molar-refractivity contribution is 6.03. The second kappa shape index (κ2) is 11.1. The number of ether oxygens (including phenoxy) is 1. The molecule has 2 saturated heterocycles. The van der Waals surface area contributed by atoms with E-state index in [4.69, 9.17) is 4.74 Å². The van der Waals surface area contributed by atoms with E-state index in [1.54, 1.807) is 22.3 Å². The van der Waals surface area contributed by atoms with Gasteiger partial charge in [0.15, 0.2) is 0 Å². The number of benzene rings is 1. The van der Waals surface area contributed by atoms with Crippen molar-refractivity contribution in [1.29, 1.82) is 0 Å². The molecule has 2 fully saturated rings. The van der Waals surface area contributed by atoms with Crippen molar-refractivity contribution in [1.82, 2.24) is 19.2 Å². The Labute approximate surface area is 227 Å². The number of aromatic nitrogens is 2. The predicted molar refractivity (Wildman–Crippen MR) is 145 cm³/mol. The van der Waals surface area contributed by atoms with Crippen molar-refractivity contribution < 1.29 is 23.1 Å². The van der Waals surface area contributed by atoms with Gasteiger partial charge in [0.05, 0.1) is 24.8 Å². The van der Waals surface area contributed by atoms with Crippen molar-refractivity contribution in [2.24, 2.45) is 5.92 Å². The number of likely N-dealkylation sites (tertiary alicyclic amines) is 1. The number of carbonyl (C=O) groups is 2. The molecule has 1 aromatic carbocycles. The summed E-state index contributed by atoms with van der Waals surface area (Å²) in [4.78, 5) is 32.8. The van der Waals surface area contributed by atoms with Crippen molar-refractivity contribution >= 4 is 17.7 Å². The molecular formula is C30H36F2N4O3. The molecule has 2 aliphatic heterocycles. The lowest BCUT2D eigenvalue weighted by molar-refractivity contribution is -0.108. The summed E-state index contributed by atoms with van der Waals surface area (Å²) in [6, 6.07) is 6.22. The molecule has 4 heterocycles. The molecule has 1 amide bonds. The Morgan fingerprint density at radius 1 is 1.21 bits per heavy atom. The van der Waals surface area contributed by atoms with Gasteiger partial charge >= 0.3 is 0 Å². The van der Waals surface area contributed by atoms with Crippen LogP contribution in [0.25, 0.3) is 16.6 Å². The van der Waals surface area contributed by atoms with Gasteiger partial charge in [-0.3, -0.25) is 9.69 Å². The number of amides is 1. The molecule has 5 rings (SSSR count). The molecule has 2 aliphatic rings. The van der Waals surface area contributed by atoms with Gasteiger partial charge < -0.3 is 18.8 Å². The van der Waals surface area contributed by atoms with Crippen LogP contribution in [0.1, 0.15) is 61.3 Å². The molecule has 7 nitrogen and oxygen atoms in total. The summed E-state index contributed by atoms with van der Waals surface area (Å²) in [5.41, 5.74) is 2.48. The summed E-state index contributed by atoms with van der Waals surface area (Å²) in [6.45, 7) is 10.9. The molecule has 2 aromatic heterocycles. The van der Waals surface area contributed by atoms with Crippen LogP contribution < -0.4 is 0 Å². The predicted octanol–water partition coefficient (Wildman–Crippen LogP) is 4.85. The van der Waals surface area contributed by atoms with E-state index in [1.165, 1.54) is 12.1 Å². The highest BCUT2D eigenvalue weighted by Crippen LogP contribution is 2.38. The third-order valence-corrected chi connectivity index (χ3v) is 8.22. The molecule has 0 N–H and O–H groups in total. The van der Waals surface area contributed by atoms with E-state index in [0.29, 0.717) is 55.1 Å². The number of rotatable bonds is 8. The molecule has 9 heteroatoms. The third-order valence-electron chi connectivity index (χ3n) is 8.22. The van der Waals surface area contributed by atoms with Crippen molar-refractivity contribution in [3.05, 3.63) is 59.2 Å². The fourth-order valence-electron chi connectivity index (χ4n) is 6.04. The van der Waals surface area contributed by atoms with Crippen LogP contribution >= 0.6 is 0 Å². The van der Waals surface area contributed by atoms with E-state index in [2.05, 4.69) is 23.7 Å². The number of nitrogens with zero attached hydrogens (tertiary/aromatic N) is 4. The topological polar surface area (TPSA) is 67.2 Å². The third kappa shape index (κ3) is 5.22. The minimum atomic E-state index is -0.625. The zero-order chi connectivity index (χ0) is 27.8.